The minimum atomic E-state index is -0.874. The second-order valence-corrected chi connectivity index (χ2v) is 6.44. The lowest BCUT2D eigenvalue weighted by molar-refractivity contribution is 0.0696. The van der Waals surface area contributed by atoms with Crippen LogP contribution in [-0.4, -0.2) is 23.2 Å². The molecule has 3 rings (SSSR count). The van der Waals surface area contributed by atoms with Crippen LogP contribution in [-0.2, 0) is 12.8 Å². The molecule has 0 aliphatic heterocycles. The summed E-state index contributed by atoms with van der Waals surface area (Å²) in [5.41, 5.74) is 3.05. The van der Waals surface area contributed by atoms with Crippen molar-refractivity contribution in [1.82, 2.24) is 4.98 Å². The molecule has 1 aromatic heterocycles. The summed E-state index contributed by atoms with van der Waals surface area (Å²) < 4.78 is 5.21. The van der Waals surface area contributed by atoms with Gasteiger partial charge in [0.25, 0.3) is 0 Å². The number of aromatic nitrogens is 1. The first-order valence-electron chi connectivity index (χ1n) is 7.14. The van der Waals surface area contributed by atoms with Gasteiger partial charge in [0.05, 0.1) is 18.2 Å². The van der Waals surface area contributed by atoms with Crippen LogP contribution in [0.2, 0.25) is 0 Å². The van der Waals surface area contributed by atoms with Crippen LogP contribution in [0.4, 0.5) is 0 Å². The summed E-state index contributed by atoms with van der Waals surface area (Å²) >= 11 is 0. The molecule has 4 heteroatoms. The predicted octanol–water partition coefficient (Wildman–Crippen LogP) is 3.46. The molecule has 0 radical (unpaired) electrons. The van der Waals surface area contributed by atoms with Crippen LogP contribution in [0.5, 0.6) is 5.75 Å². The van der Waals surface area contributed by atoms with Gasteiger partial charge < -0.3 is 9.84 Å². The number of carboxylic acids is 1. The van der Waals surface area contributed by atoms with Crippen molar-refractivity contribution in [1.29, 1.82) is 0 Å². The number of rotatable bonds is 2. The van der Waals surface area contributed by atoms with Crippen LogP contribution in [0.15, 0.2) is 18.2 Å². The molecule has 110 valence electrons. The van der Waals surface area contributed by atoms with E-state index < -0.39 is 5.97 Å². The summed E-state index contributed by atoms with van der Waals surface area (Å²) in [5.74, 6) is -0.177. The minimum absolute atomic E-state index is 0.124. The summed E-state index contributed by atoms with van der Waals surface area (Å²) in [7, 11) is 1.60. The van der Waals surface area contributed by atoms with Crippen molar-refractivity contribution in [2.45, 2.75) is 33.1 Å². The molecule has 0 fully saturated rings. The number of hydrogen-bond donors (Lipinski definition) is 1. The first-order chi connectivity index (χ1) is 9.91. The summed E-state index contributed by atoms with van der Waals surface area (Å²) in [5, 5.41) is 10.4. The van der Waals surface area contributed by atoms with E-state index in [4.69, 9.17) is 4.74 Å². The quantitative estimate of drug-likeness (QED) is 0.918. The third kappa shape index (κ3) is 2.35. The first kappa shape index (κ1) is 13.9. The largest absolute Gasteiger partial charge is 0.497 e. The van der Waals surface area contributed by atoms with Crippen LogP contribution < -0.4 is 4.74 Å². The molecule has 1 heterocycles. The Morgan fingerprint density at radius 1 is 1.38 bits per heavy atom. The molecule has 1 aromatic carbocycles. The number of hydrogen-bond acceptors (Lipinski definition) is 3. The van der Waals surface area contributed by atoms with E-state index in [0.717, 1.165) is 30.5 Å². The summed E-state index contributed by atoms with van der Waals surface area (Å²) in [6.07, 6.45) is 2.62. The van der Waals surface area contributed by atoms with Gasteiger partial charge in [-0.15, -0.1) is 0 Å². The highest BCUT2D eigenvalue weighted by molar-refractivity contribution is 6.04. The molecule has 4 nitrogen and oxygen atoms in total. The number of benzene rings is 1. The number of fused-ring (bicyclic) bond motifs is 2. The highest BCUT2D eigenvalue weighted by Crippen LogP contribution is 2.38. The summed E-state index contributed by atoms with van der Waals surface area (Å²) in [6.45, 7) is 4.36. The van der Waals surface area contributed by atoms with Crippen LogP contribution in [0.3, 0.4) is 0 Å². The molecule has 1 aliphatic carbocycles. The standard InChI is InChI=1S/C17H19NO3/c1-17(2)7-6-13-12(9-17)15(16(19)20)11-5-4-10(21-3)8-14(11)18-13/h4-5,8H,6-7,9H2,1-3H3,(H,19,20). The smallest absolute Gasteiger partial charge is 0.336 e. The molecule has 1 N–H and O–H groups in total. The third-order valence-corrected chi connectivity index (χ3v) is 4.29. The third-order valence-electron chi connectivity index (χ3n) is 4.29. The summed E-state index contributed by atoms with van der Waals surface area (Å²) in [6, 6.07) is 5.39. The van der Waals surface area contributed by atoms with Crippen LogP contribution in [0.1, 0.15) is 41.9 Å². The van der Waals surface area contributed by atoms with Crippen molar-refractivity contribution >= 4 is 16.9 Å². The molecule has 1 aliphatic rings. The molecule has 0 atom stereocenters. The van der Waals surface area contributed by atoms with Gasteiger partial charge in [-0.3, -0.25) is 4.98 Å². The highest BCUT2D eigenvalue weighted by atomic mass is 16.5. The second kappa shape index (κ2) is 4.72. The number of methoxy groups -OCH3 is 1. The molecule has 0 saturated carbocycles. The monoisotopic (exact) mass is 285 g/mol. The van der Waals surface area contributed by atoms with Gasteiger partial charge >= 0.3 is 5.97 Å². The van der Waals surface area contributed by atoms with E-state index in [2.05, 4.69) is 18.8 Å². The van der Waals surface area contributed by atoms with Crippen molar-refractivity contribution < 1.29 is 14.6 Å². The predicted molar refractivity (Wildman–Crippen MR) is 81.1 cm³/mol. The van der Waals surface area contributed by atoms with Crippen molar-refractivity contribution in [2.24, 2.45) is 5.41 Å². The minimum Gasteiger partial charge on any atom is -0.497 e. The average Bonchev–Trinajstić information content (AvgIpc) is 2.43. The van der Waals surface area contributed by atoms with Gasteiger partial charge in [-0.05, 0) is 42.4 Å². The van der Waals surface area contributed by atoms with Crippen molar-refractivity contribution in [2.75, 3.05) is 7.11 Å². The van der Waals surface area contributed by atoms with E-state index in [-0.39, 0.29) is 5.41 Å². The van der Waals surface area contributed by atoms with Gasteiger partial charge in [0, 0.05) is 17.1 Å². The number of carbonyl (C=O) groups is 1. The Balaban J connectivity index is 2.31. The van der Waals surface area contributed by atoms with Gasteiger partial charge in [0.15, 0.2) is 0 Å². The maximum absolute atomic E-state index is 11.8. The lowest BCUT2D eigenvalue weighted by atomic mass is 9.74. The van der Waals surface area contributed by atoms with Gasteiger partial charge in [0.1, 0.15) is 5.75 Å². The number of aryl methyl sites for hydroxylation is 1. The van der Waals surface area contributed by atoms with Gasteiger partial charge in [0.2, 0.25) is 0 Å². The van der Waals surface area contributed by atoms with Crippen molar-refractivity contribution in [3.63, 3.8) is 0 Å². The molecule has 0 unspecified atom stereocenters. The number of nitrogens with zero attached hydrogens (tertiary/aromatic N) is 1. The van der Waals surface area contributed by atoms with Crippen LogP contribution in [0.25, 0.3) is 10.9 Å². The van der Waals surface area contributed by atoms with E-state index in [9.17, 15) is 9.90 Å². The second-order valence-electron chi connectivity index (χ2n) is 6.44. The Morgan fingerprint density at radius 3 is 2.81 bits per heavy atom. The maximum atomic E-state index is 11.8. The highest BCUT2D eigenvalue weighted by Gasteiger charge is 2.30. The number of pyridine rings is 1. The van der Waals surface area contributed by atoms with E-state index in [1.807, 2.05) is 6.07 Å². The first-order valence-corrected chi connectivity index (χ1v) is 7.14. The number of aromatic carboxylic acids is 1. The van der Waals surface area contributed by atoms with E-state index in [0.29, 0.717) is 22.2 Å². The average molecular weight is 285 g/mol. The fourth-order valence-electron chi connectivity index (χ4n) is 3.13. The van der Waals surface area contributed by atoms with Gasteiger partial charge in [-0.25, -0.2) is 4.79 Å². The van der Waals surface area contributed by atoms with Gasteiger partial charge in [-0.2, -0.15) is 0 Å². The fourth-order valence-corrected chi connectivity index (χ4v) is 3.13. The van der Waals surface area contributed by atoms with Crippen molar-refractivity contribution in [3.05, 3.63) is 35.0 Å². The Labute approximate surface area is 123 Å². The Kier molecular flexibility index (Phi) is 3.12. The molecule has 2 aromatic rings. The SMILES string of the molecule is COc1ccc2c(C(=O)O)c3c(nc2c1)CCC(C)(C)C3. The maximum Gasteiger partial charge on any atom is 0.336 e. The zero-order valence-electron chi connectivity index (χ0n) is 12.6. The van der Waals surface area contributed by atoms with E-state index >= 15 is 0 Å². The topological polar surface area (TPSA) is 59.4 Å². The van der Waals surface area contributed by atoms with Crippen LogP contribution in [0, 0.1) is 5.41 Å². The Morgan fingerprint density at radius 2 is 2.14 bits per heavy atom. The number of ether oxygens (including phenoxy) is 1. The molecule has 0 saturated heterocycles. The van der Waals surface area contributed by atoms with Crippen LogP contribution >= 0.6 is 0 Å². The van der Waals surface area contributed by atoms with Crippen molar-refractivity contribution in [3.8, 4) is 5.75 Å². The zero-order valence-corrected chi connectivity index (χ0v) is 12.6. The normalized spacial score (nSPS) is 16.5. The Bertz CT molecular complexity index is 734. The lowest BCUT2D eigenvalue weighted by Crippen LogP contribution is -2.25. The fraction of sp³-hybridized carbons (Fsp3) is 0.412. The molecule has 0 spiro atoms. The molecular weight excluding hydrogens is 266 g/mol. The number of carboxylic acid groups (broad SMARTS) is 1. The zero-order chi connectivity index (χ0) is 15.2. The molecular formula is C17H19NO3. The van der Waals surface area contributed by atoms with Gasteiger partial charge in [-0.1, -0.05) is 13.8 Å². The molecule has 21 heavy (non-hydrogen) atoms. The van der Waals surface area contributed by atoms with E-state index in [1.54, 1.807) is 19.2 Å². The molecule has 0 amide bonds. The van der Waals surface area contributed by atoms with E-state index in [1.165, 1.54) is 0 Å². The molecule has 0 bridgehead atoms. The Hall–Kier alpha value is -2.10. The lowest BCUT2D eigenvalue weighted by Gasteiger charge is -2.31. The summed E-state index contributed by atoms with van der Waals surface area (Å²) in [4.78, 5) is 16.5.